The van der Waals surface area contributed by atoms with Gasteiger partial charge in [-0.2, -0.15) is 0 Å². The maximum absolute atomic E-state index is 12.4. The maximum atomic E-state index is 12.4. The van der Waals surface area contributed by atoms with Gasteiger partial charge in [-0.15, -0.1) is 0 Å². The van der Waals surface area contributed by atoms with E-state index in [1.807, 2.05) is 0 Å². The predicted molar refractivity (Wildman–Crippen MR) is 246 cm³/mol. The number of aliphatic hydroxyl groups is 2. The number of amides is 1. The average Bonchev–Trinajstić information content (AvgIpc) is 3.21. The third-order valence-corrected chi connectivity index (χ3v) is 11.8. The number of esters is 1. The molecule has 3 N–H and O–H groups in total. The molecule has 338 valence electrons. The summed E-state index contributed by atoms with van der Waals surface area (Å²) in [5.74, 6) is -0.0710. The third kappa shape index (κ3) is 44.0. The zero-order valence-electron chi connectivity index (χ0n) is 38.3. The molecule has 0 saturated heterocycles. The molecule has 0 aromatic heterocycles. The zero-order chi connectivity index (χ0) is 41.5. The molecule has 0 aliphatic rings. The third-order valence-electron chi connectivity index (χ3n) is 11.8. The van der Waals surface area contributed by atoms with Crippen LogP contribution < -0.4 is 5.32 Å². The summed E-state index contributed by atoms with van der Waals surface area (Å²) in [5, 5.41) is 23.1. The first-order valence-electron chi connectivity index (χ1n) is 25.4. The summed E-state index contributed by atoms with van der Waals surface area (Å²) in [6.45, 7) is 4.90. The Kier molecular flexibility index (Phi) is 46.1. The minimum absolute atomic E-state index is 0.0169. The molecule has 0 bridgehead atoms. The smallest absolute Gasteiger partial charge is 0.305 e. The first-order valence-corrected chi connectivity index (χ1v) is 25.4. The van der Waals surface area contributed by atoms with Crippen molar-refractivity contribution in [3.05, 3.63) is 12.2 Å². The number of allylic oxidation sites excluding steroid dienone is 2. The number of unbranched alkanes of at least 4 members (excludes halogenated alkanes) is 34. The fourth-order valence-corrected chi connectivity index (χ4v) is 7.87. The number of ether oxygens (including phenoxy) is 1. The summed E-state index contributed by atoms with van der Waals surface area (Å²) in [6.07, 6.45) is 53.2. The summed E-state index contributed by atoms with van der Waals surface area (Å²) >= 11 is 0. The SMILES string of the molecule is CCCCCCCC/C=C\CCCCCCCCCC(=O)OCCCCCCCCCCCCCC(=O)NC(CO)C(O)CCCCCCCCCCCCCC. The molecule has 0 aliphatic heterocycles. The molecule has 0 spiro atoms. The van der Waals surface area contributed by atoms with Crippen LogP contribution in [-0.4, -0.2) is 47.4 Å². The Labute approximate surface area is 355 Å². The fourth-order valence-electron chi connectivity index (χ4n) is 7.87. The van der Waals surface area contributed by atoms with Crippen LogP contribution in [0.15, 0.2) is 12.2 Å². The number of aliphatic hydroxyl groups excluding tert-OH is 2. The predicted octanol–water partition coefficient (Wildman–Crippen LogP) is 15.0. The van der Waals surface area contributed by atoms with Gasteiger partial charge in [-0.3, -0.25) is 9.59 Å². The topological polar surface area (TPSA) is 95.9 Å². The molecule has 1 amide bonds. The highest BCUT2D eigenvalue weighted by Crippen LogP contribution is 2.16. The molecular formula is C51H99NO5. The lowest BCUT2D eigenvalue weighted by Gasteiger charge is -2.22. The molecule has 6 nitrogen and oxygen atoms in total. The summed E-state index contributed by atoms with van der Waals surface area (Å²) < 4.78 is 5.46. The van der Waals surface area contributed by atoms with Crippen LogP contribution in [0.25, 0.3) is 0 Å². The Bertz CT molecular complexity index is 847. The van der Waals surface area contributed by atoms with E-state index in [1.54, 1.807) is 0 Å². The van der Waals surface area contributed by atoms with E-state index < -0.39 is 12.1 Å². The molecule has 0 aromatic rings. The molecule has 0 rings (SSSR count). The Balaban J connectivity index is 3.45. The number of carbonyl (C=O) groups is 2. The Morgan fingerprint density at radius 2 is 0.825 bits per heavy atom. The molecule has 2 unspecified atom stereocenters. The van der Waals surface area contributed by atoms with E-state index in [1.165, 1.54) is 186 Å². The Hall–Kier alpha value is -1.40. The highest BCUT2D eigenvalue weighted by molar-refractivity contribution is 5.76. The van der Waals surface area contributed by atoms with Crippen molar-refractivity contribution in [2.24, 2.45) is 0 Å². The molecule has 0 aliphatic carbocycles. The van der Waals surface area contributed by atoms with E-state index in [2.05, 4.69) is 31.3 Å². The summed E-state index contributed by atoms with van der Waals surface area (Å²) in [4.78, 5) is 24.5. The van der Waals surface area contributed by atoms with Gasteiger partial charge in [0.15, 0.2) is 0 Å². The second-order valence-corrected chi connectivity index (χ2v) is 17.5. The second-order valence-electron chi connectivity index (χ2n) is 17.5. The first-order chi connectivity index (χ1) is 28.0. The summed E-state index contributed by atoms with van der Waals surface area (Å²) in [5.41, 5.74) is 0. The fraction of sp³-hybridized carbons (Fsp3) is 0.922. The molecule has 0 heterocycles. The number of carbonyl (C=O) groups excluding carboxylic acids is 2. The summed E-state index contributed by atoms with van der Waals surface area (Å²) in [7, 11) is 0. The minimum atomic E-state index is -0.674. The molecule has 2 atom stereocenters. The van der Waals surface area contributed by atoms with Crippen LogP contribution in [0, 0.1) is 0 Å². The Morgan fingerprint density at radius 1 is 0.474 bits per heavy atom. The molecule has 0 fully saturated rings. The monoisotopic (exact) mass is 806 g/mol. The lowest BCUT2D eigenvalue weighted by molar-refractivity contribution is -0.143. The molecule has 0 aromatic carbocycles. The van der Waals surface area contributed by atoms with Crippen LogP contribution in [0.2, 0.25) is 0 Å². The van der Waals surface area contributed by atoms with Gasteiger partial charge in [0.1, 0.15) is 0 Å². The van der Waals surface area contributed by atoms with Crippen molar-refractivity contribution in [3.8, 4) is 0 Å². The molecule has 57 heavy (non-hydrogen) atoms. The van der Waals surface area contributed by atoms with Crippen LogP contribution in [-0.2, 0) is 14.3 Å². The summed E-state index contributed by atoms with van der Waals surface area (Å²) in [6, 6.07) is -0.554. The van der Waals surface area contributed by atoms with E-state index in [-0.39, 0.29) is 18.5 Å². The van der Waals surface area contributed by atoms with Crippen molar-refractivity contribution in [1.29, 1.82) is 0 Å². The van der Waals surface area contributed by atoms with Gasteiger partial charge in [0, 0.05) is 12.8 Å². The molecule has 0 radical (unpaired) electrons. The van der Waals surface area contributed by atoms with E-state index in [9.17, 15) is 19.8 Å². The molecule has 6 heteroatoms. The van der Waals surface area contributed by atoms with Crippen molar-refractivity contribution in [2.45, 2.75) is 289 Å². The van der Waals surface area contributed by atoms with Gasteiger partial charge < -0.3 is 20.3 Å². The van der Waals surface area contributed by atoms with E-state index >= 15 is 0 Å². The Morgan fingerprint density at radius 3 is 1.25 bits per heavy atom. The molecular weight excluding hydrogens is 707 g/mol. The van der Waals surface area contributed by atoms with Crippen molar-refractivity contribution >= 4 is 11.9 Å². The maximum Gasteiger partial charge on any atom is 0.305 e. The second kappa shape index (κ2) is 47.3. The van der Waals surface area contributed by atoms with Crippen LogP contribution in [0.5, 0.6) is 0 Å². The number of hydrogen-bond acceptors (Lipinski definition) is 5. The standard InChI is InChI=1S/C51H99NO5/c1-3-5-7-9-11-13-15-17-18-19-20-21-25-29-33-37-41-45-51(56)57-46-42-38-34-30-26-22-24-28-32-36-40-44-50(55)52-48(47-53)49(54)43-39-35-31-27-23-16-14-12-10-8-6-4-2/h17-18,48-49,53-54H,3-16,19-47H2,1-2H3,(H,52,55)/b18-17-. The van der Waals surface area contributed by atoms with Gasteiger partial charge in [-0.1, -0.05) is 225 Å². The quantitative estimate of drug-likeness (QED) is 0.0323. The van der Waals surface area contributed by atoms with Crippen LogP contribution in [0.1, 0.15) is 277 Å². The van der Waals surface area contributed by atoms with Gasteiger partial charge in [0.25, 0.3) is 0 Å². The van der Waals surface area contributed by atoms with Crippen molar-refractivity contribution in [3.63, 3.8) is 0 Å². The van der Waals surface area contributed by atoms with Gasteiger partial charge in [0.05, 0.1) is 25.4 Å². The average molecular weight is 806 g/mol. The number of hydrogen-bond donors (Lipinski definition) is 3. The van der Waals surface area contributed by atoms with Crippen LogP contribution in [0.4, 0.5) is 0 Å². The minimum Gasteiger partial charge on any atom is -0.466 e. The lowest BCUT2D eigenvalue weighted by atomic mass is 10.0. The zero-order valence-corrected chi connectivity index (χ0v) is 38.3. The largest absolute Gasteiger partial charge is 0.466 e. The van der Waals surface area contributed by atoms with Gasteiger partial charge in [-0.05, 0) is 51.4 Å². The normalized spacial score (nSPS) is 12.7. The number of rotatable bonds is 47. The van der Waals surface area contributed by atoms with Gasteiger partial charge >= 0.3 is 5.97 Å². The van der Waals surface area contributed by atoms with Gasteiger partial charge in [0.2, 0.25) is 5.91 Å². The number of nitrogens with one attached hydrogen (secondary N) is 1. The van der Waals surface area contributed by atoms with E-state index in [4.69, 9.17) is 4.74 Å². The first kappa shape index (κ1) is 55.6. The lowest BCUT2D eigenvalue weighted by Crippen LogP contribution is -2.45. The van der Waals surface area contributed by atoms with E-state index in [0.29, 0.717) is 25.9 Å². The van der Waals surface area contributed by atoms with Crippen molar-refractivity contribution < 1.29 is 24.5 Å². The van der Waals surface area contributed by atoms with Crippen molar-refractivity contribution in [2.75, 3.05) is 13.2 Å². The highest BCUT2D eigenvalue weighted by Gasteiger charge is 2.20. The van der Waals surface area contributed by atoms with Crippen LogP contribution in [0.3, 0.4) is 0 Å². The van der Waals surface area contributed by atoms with E-state index in [0.717, 1.165) is 57.8 Å². The highest BCUT2D eigenvalue weighted by atomic mass is 16.5. The van der Waals surface area contributed by atoms with Crippen LogP contribution >= 0.6 is 0 Å². The molecule has 0 saturated carbocycles. The van der Waals surface area contributed by atoms with Crippen molar-refractivity contribution in [1.82, 2.24) is 5.32 Å². The van der Waals surface area contributed by atoms with Gasteiger partial charge in [-0.25, -0.2) is 0 Å².